The molecule has 1 fully saturated rings. The van der Waals surface area contributed by atoms with Gasteiger partial charge in [0.2, 0.25) is 5.75 Å². The predicted octanol–water partition coefficient (Wildman–Crippen LogP) is 4.45. The van der Waals surface area contributed by atoms with Gasteiger partial charge in [0.15, 0.2) is 16.6 Å². The highest BCUT2D eigenvalue weighted by Crippen LogP contribution is 2.38. The lowest BCUT2D eigenvalue weighted by Crippen LogP contribution is -2.45. The number of hydrogen-bond donors (Lipinski definition) is 1. The Labute approximate surface area is 194 Å². The molecule has 0 spiro atoms. The number of ether oxygens (including phenoxy) is 3. The summed E-state index contributed by atoms with van der Waals surface area (Å²) in [6.45, 7) is 2.62. The molecule has 1 aromatic carbocycles. The molecular weight excluding hydrogens is 410 g/mol. The van der Waals surface area contributed by atoms with Crippen molar-refractivity contribution < 1.29 is 14.2 Å². The van der Waals surface area contributed by atoms with Gasteiger partial charge in [0.05, 0.1) is 21.3 Å². The molecule has 0 heterocycles. The quantitative estimate of drug-likeness (QED) is 0.527. The Morgan fingerprint density at radius 2 is 1.52 bits per heavy atom. The molecular formula is C24H41N3O3S. The van der Waals surface area contributed by atoms with Crippen LogP contribution in [0.2, 0.25) is 0 Å². The van der Waals surface area contributed by atoms with Gasteiger partial charge in [-0.05, 0) is 69.8 Å². The van der Waals surface area contributed by atoms with E-state index in [1.54, 1.807) is 21.3 Å². The Morgan fingerprint density at radius 3 is 2.03 bits per heavy atom. The molecule has 0 aliphatic heterocycles. The van der Waals surface area contributed by atoms with Gasteiger partial charge >= 0.3 is 0 Å². The van der Waals surface area contributed by atoms with Crippen LogP contribution in [0.25, 0.3) is 0 Å². The smallest absolute Gasteiger partial charge is 0.203 e. The fourth-order valence-electron chi connectivity index (χ4n) is 4.14. The fraction of sp³-hybridized carbons (Fsp3) is 0.708. The van der Waals surface area contributed by atoms with E-state index in [1.807, 2.05) is 12.1 Å². The first-order valence-electron chi connectivity index (χ1n) is 11.5. The highest BCUT2D eigenvalue weighted by atomic mass is 32.1. The summed E-state index contributed by atoms with van der Waals surface area (Å²) in [5.41, 5.74) is 1.08. The van der Waals surface area contributed by atoms with Gasteiger partial charge in [-0.2, -0.15) is 0 Å². The summed E-state index contributed by atoms with van der Waals surface area (Å²) < 4.78 is 16.6. The standard InChI is InChI=1S/C24H41N3O3S/c1-26(2)14-11-15-27(24(31)25-20-12-9-7-6-8-10-13-20)18-19-16-21(28-3)23(30-5)22(17-19)29-4/h16-17,20H,6-15,18H2,1-5H3,(H,25,31). The van der Waals surface area contributed by atoms with E-state index in [1.165, 1.54) is 44.9 Å². The molecule has 0 aromatic heterocycles. The van der Waals surface area contributed by atoms with Crippen LogP contribution >= 0.6 is 12.2 Å². The first-order chi connectivity index (χ1) is 15.0. The van der Waals surface area contributed by atoms with Crippen LogP contribution in [0, 0.1) is 0 Å². The zero-order valence-electron chi connectivity index (χ0n) is 20.0. The van der Waals surface area contributed by atoms with Crippen molar-refractivity contribution in [3.63, 3.8) is 0 Å². The molecule has 1 aromatic rings. The van der Waals surface area contributed by atoms with Crippen molar-refractivity contribution in [3.05, 3.63) is 17.7 Å². The molecule has 176 valence electrons. The summed E-state index contributed by atoms with van der Waals surface area (Å²) in [4.78, 5) is 4.49. The second kappa shape index (κ2) is 13.6. The van der Waals surface area contributed by atoms with Gasteiger partial charge in [-0.3, -0.25) is 0 Å². The Bertz CT molecular complexity index is 651. The van der Waals surface area contributed by atoms with Gasteiger partial charge in [0.1, 0.15) is 0 Å². The van der Waals surface area contributed by atoms with Gasteiger partial charge < -0.3 is 29.3 Å². The summed E-state index contributed by atoms with van der Waals surface area (Å²) in [5.74, 6) is 1.95. The highest BCUT2D eigenvalue weighted by molar-refractivity contribution is 7.80. The number of rotatable bonds is 10. The molecule has 0 radical (unpaired) electrons. The normalized spacial score (nSPS) is 15.2. The molecule has 31 heavy (non-hydrogen) atoms. The Kier molecular flexibility index (Phi) is 11.2. The first-order valence-corrected chi connectivity index (χ1v) is 11.9. The molecule has 6 nitrogen and oxygen atoms in total. The van der Waals surface area contributed by atoms with E-state index in [4.69, 9.17) is 26.4 Å². The van der Waals surface area contributed by atoms with Crippen LogP contribution in [0.5, 0.6) is 17.2 Å². The van der Waals surface area contributed by atoms with Gasteiger partial charge in [0, 0.05) is 19.1 Å². The van der Waals surface area contributed by atoms with Crippen LogP contribution in [0.1, 0.15) is 56.9 Å². The monoisotopic (exact) mass is 451 g/mol. The molecule has 0 atom stereocenters. The van der Waals surface area contributed by atoms with Crippen molar-refractivity contribution in [2.45, 2.75) is 64.0 Å². The Morgan fingerprint density at radius 1 is 0.935 bits per heavy atom. The number of benzene rings is 1. The van der Waals surface area contributed by atoms with Gasteiger partial charge in [0.25, 0.3) is 0 Å². The maximum absolute atomic E-state index is 5.90. The number of nitrogens with zero attached hydrogens (tertiary/aromatic N) is 2. The predicted molar refractivity (Wildman–Crippen MR) is 132 cm³/mol. The third-order valence-corrected chi connectivity index (χ3v) is 6.23. The van der Waals surface area contributed by atoms with E-state index in [9.17, 15) is 0 Å². The first kappa shape index (κ1) is 25.5. The number of nitrogens with one attached hydrogen (secondary N) is 1. The topological polar surface area (TPSA) is 46.2 Å². The van der Waals surface area contributed by atoms with E-state index in [0.29, 0.717) is 29.8 Å². The summed E-state index contributed by atoms with van der Waals surface area (Å²) in [5, 5.41) is 4.53. The van der Waals surface area contributed by atoms with E-state index < -0.39 is 0 Å². The van der Waals surface area contributed by atoms with Crippen molar-refractivity contribution in [3.8, 4) is 17.2 Å². The van der Waals surface area contributed by atoms with Crippen LogP contribution in [-0.4, -0.2) is 69.5 Å². The highest BCUT2D eigenvalue weighted by Gasteiger charge is 2.19. The van der Waals surface area contributed by atoms with Crippen LogP contribution in [0.3, 0.4) is 0 Å². The largest absolute Gasteiger partial charge is 0.493 e. The second-order valence-corrected chi connectivity index (χ2v) is 8.99. The molecule has 0 bridgehead atoms. The van der Waals surface area contributed by atoms with E-state index >= 15 is 0 Å². The second-order valence-electron chi connectivity index (χ2n) is 8.60. The molecule has 0 unspecified atom stereocenters. The van der Waals surface area contributed by atoms with Crippen molar-refractivity contribution in [1.82, 2.24) is 15.1 Å². The SMILES string of the molecule is COc1cc(CN(CCCN(C)C)C(=S)NC2CCCCCCC2)cc(OC)c1OC. The fourth-order valence-corrected chi connectivity index (χ4v) is 4.47. The number of methoxy groups -OCH3 is 3. The van der Waals surface area contributed by atoms with Gasteiger partial charge in [-0.15, -0.1) is 0 Å². The minimum absolute atomic E-state index is 0.476. The molecule has 0 saturated heterocycles. The average molecular weight is 452 g/mol. The summed E-state index contributed by atoms with van der Waals surface area (Å²) in [6.07, 6.45) is 10.1. The van der Waals surface area contributed by atoms with Crippen molar-refractivity contribution in [2.75, 3.05) is 48.5 Å². The van der Waals surface area contributed by atoms with Gasteiger partial charge in [-0.25, -0.2) is 0 Å². The third kappa shape index (κ3) is 8.37. The van der Waals surface area contributed by atoms with Crippen molar-refractivity contribution in [1.29, 1.82) is 0 Å². The minimum Gasteiger partial charge on any atom is -0.493 e. The lowest BCUT2D eigenvalue weighted by molar-refractivity contribution is 0.318. The van der Waals surface area contributed by atoms with E-state index in [0.717, 1.165) is 30.2 Å². The van der Waals surface area contributed by atoms with Crippen molar-refractivity contribution in [2.24, 2.45) is 0 Å². The number of thiocarbonyl (C=S) groups is 1. The summed E-state index contributed by atoms with van der Waals surface area (Å²) in [6, 6.07) is 4.50. The van der Waals surface area contributed by atoms with Crippen molar-refractivity contribution >= 4 is 17.3 Å². The van der Waals surface area contributed by atoms with Gasteiger partial charge in [-0.1, -0.05) is 32.1 Å². The molecule has 1 saturated carbocycles. The molecule has 2 rings (SSSR count). The molecule has 7 heteroatoms. The molecule has 1 N–H and O–H groups in total. The summed E-state index contributed by atoms with van der Waals surface area (Å²) in [7, 11) is 9.14. The lowest BCUT2D eigenvalue weighted by atomic mass is 9.97. The maximum Gasteiger partial charge on any atom is 0.203 e. The third-order valence-electron chi connectivity index (χ3n) is 5.85. The zero-order chi connectivity index (χ0) is 22.6. The Balaban J connectivity index is 2.15. The van der Waals surface area contributed by atoms with Crippen LogP contribution in [0.4, 0.5) is 0 Å². The lowest BCUT2D eigenvalue weighted by Gasteiger charge is -2.31. The van der Waals surface area contributed by atoms with E-state index in [2.05, 4.69) is 29.2 Å². The van der Waals surface area contributed by atoms with Crippen LogP contribution in [0.15, 0.2) is 12.1 Å². The molecule has 0 amide bonds. The maximum atomic E-state index is 5.90. The zero-order valence-corrected chi connectivity index (χ0v) is 20.9. The van der Waals surface area contributed by atoms with Crippen LogP contribution < -0.4 is 19.5 Å². The van der Waals surface area contributed by atoms with Crippen LogP contribution in [-0.2, 0) is 6.54 Å². The summed E-state index contributed by atoms with van der Waals surface area (Å²) >= 11 is 5.90. The minimum atomic E-state index is 0.476. The Hall–Kier alpha value is -1.73. The average Bonchev–Trinajstić information content (AvgIpc) is 2.73. The molecule has 1 aliphatic rings. The van der Waals surface area contributed by atoms with E-state index in [-0.39, 0.29) is 0 Å². The number of hydrogen-bond acceptors (Lipinski definition) is 5. The molecule has 1 aliphatic carbocycles.